The molecule has 0 bridgehead atoms. The number of hydroxylamine groups is 4. The molecule has 0 radical (unpaired) electrons. The second-order valence-electron chi connectivity index (χ2n) is 6.61. The van der Waals surface area contributed by atoms with Crippen molar-refractivity contribution in [1.82, 2.24) is 4.90 Å². The Morgan fingerprint density at radius 1 is 1.04 bits per heavy atom. The largest absolute Gasteiger partial charge is 0.397 e. The van der Waals surface area contributed by atoms with E-state index in [0.717, 1.165) is 0 Å². The summed E-state index contributed by atoms with van der Waals surface area (Å²) in [5, 5.41) is 9.94. The van der Waals surface area contributed by atoms with Crippen molar-refractivity contribution < 1.29 is 38.8 Å². The van der Waals surface area contributed by atoms with Gasteiger partial charge in [-0.15, -0.1) is 0 Å². The lowest BCUT2D eigenvalue weighted by atomic mass is 9.82. The highest BCUT2D eigenvalue weighted by molar-refractivity contribution is 6.12. The van der Waals surface area contributed by atoms with E-state index >= 15 is 0 Å². The third-order valence-electron chi connectivity index (χ3n) is 4.97. The van der Waals surface area contributed by atoms with Crippen LogP contribution in [-0.4, -0.2) is 51.1 Å². The number of hydrogen-bond donors (Lipinski definition) is 1. The van der Waals surface area contributed by atoms with Crippen LogP contribution in [0.15, 0.2) is 12.2 Å². The van der Waals surface area contributed by atoms with E-state index in [1.165, 1.54) is 17.1 Å². The Morgan fingerprint density at radius 3 is 2.08 bits per heavy atom. The van der Waals surface area contributed by atoms with Crippen LogP contribution in [0.3, 0.4) is 0 Å². The van der Waals surface area contributed by atoms with Gasteiger partial charge in [-0.05, 0) is 31.6 Å². The predicted octanol–water partition coefficient (Wildman–Crippen LogP) is 0.229. The molecule has 25 heavy (non-hydrogen) atoms. The summed E-state index contributed by atoms with van der Waals surface area (Å²) in [5.74, 6) is -3.56. The molecular weight excluding hydrogens is 332 g/mol. The monoisotopic (exact) mass is 351 g/mol. The van der Waals surface area contributed by atoms with Crippen LogP contribution in [0.25, 0.3) is 0 Å². The summed E-state index contributed by atoms with van der Waals surface area (Å²) in [6.07, 6.45) is 4.25. The normalized spacial score (nSPS) is 28.8. The topological polar surface area (TPSA) is 118 Å². The fourth-order valence-corrected chi connectivity index (χ4v) is 3.41. The van der Waals surface area contributed by atoms with Crippen molar-refractivity contribution in [3.05, 3.63) is 12.2 Å². The molecule has 0 unspecified atom stereocenters. The Morgan fingerprint density at radius 2 is 1.56 bits per heavy atom. The minimum absolute atomic E-state index is 0.0872. The summed E-state index contributed by atoms with van der Waals surface area (Å²) in [6, 6.07) is 0. The Balaban J connectivity index is 1.51. The zero-order valence-electron chi connectivity index (χ0n) is 13.6. The number of quaternary nitrogens is 1. The van der Waals surface area contributed by atoms with Gasteiger partial charge in [0, 0.05) is 18.7 Å². The molecule has 1 N–H and O–H groups in total. The first-order valence-electron chi connectivity index (χ1n) is 8.27. The number of amides is 4. The SMILES string of the molecule is O=C(O[N+]1(O)C(=O)CCC1=O)C1CCC(CN2C(=O)C=CC2=O)CC1. The average Bonchev–Trinajstić information content (AvgIpc) is 3.03. The van der Waals surface area contributed by atoms with Gasteiger partial charge in [0.25, 0.3) is 11.8 Å². The van der Waals surface area contributed by atoms with E-state index in [4.69, 9.17) is 4.84 Å². The van der Waals surface area contributed by atoms with Gasteiger partial charge >= 0.3 is 17.8 Å². The lowest BCUT2D eigenvalue weighted by molar-refractivity contribution is -1.12. The van der Waals surface area contributed by atoms with Crippen LogP contribution < -0.4 is 0 Å². The highest BCUT2D eigenvalue weighted by Gasteiger charge is 2.56. The van der Waals surface area contributed by atoms with Gasteiger partial charge in [-0.2, -0.15) is 5.21 Å². The second-order valence-corrected chi connectivity index (χ2v) is 6.61. The molecule has 4 amide bonds. The molecule has 1 aliphatic carbocycles. The summed E-state index contributed by atoms with van der Waals surface area (Å²) in [6.45, 7) is 0.309. The van der Waals surface area contributed by atoms with Gasteiger partial charge in [-0.25, -0.2) is 19.2 Å². The number of hydrogen-bond acceptors (Lipinski definition) is 7. The third kappa shape index (κ3) is 3.24. The molecule has 9 heteroatoms. The zero-order chi connectivity index (χ0) is 18.2. The van der Waals surface area contributed by atoms with Gasteiger partial charge in [0.05, 0.1) is 18.8 Å². The highest BCUT2D eigenvalue weighted by atomic mass is 17.0. The Hall–Kier alpha value is -2.39. The lowest BCUT2D eigenvalue weighted by Gasteiger charge is -2.29. The summed E-state index contributed by atoms with van der Waals surface area (Å²) < 4.78 is 0. The van der Waals surface area contributed by atoms with Crippen LogP contribution in [0, 0.1) is 11.8 Å². The van der Waals surface area contributed by atoms with Crippen LogP contribution in [-0.2, 0) is 28.8 Å². The fourth-order valence-electron chi connectivity index (χ4n) is 3.41. The molecule has 0 aromatic carbocycles. The molecule has 0 atom stereocenters. The smallest absolute Gasteiger partial charge is 0.275 e. The molecule has 0 aromatic rings. The van der Waals surface area contributed by atoms with E-state index in [2.05, 4.69) is 0 Å². The van der Waals surface area contributed by atoms with Gasteiger partial charge in [0.15, 0.2) is 0 Å². The molecule has 2 aliphatic heterocycles. The molecule has 1 saturated carbocycles. The number of imide groups is 2. The first kappa shape index (κ1) is 17.4. The van der Waals surface area contributed by atoms with Gasteiger partial charge in [-0.3, -0.25) is 14.5 Å². The molecule has 1 saturated heterocycles. The average molecular weight is 351 g/mol. The first-order chi connectivity index (χ1) is 11.8. The van der Waals surface area contributed by atoms with Crippen molar-refractivity contribution in [3.8, 4) is 0 Å². The third-order valence-corrected chi connectivity index (χ3v) is 4.97. The van der Waals surface area contributed by atoms with Gasteiger partial charge in [0.2, 0.25) is 0 Å². The van der Waals surface area contributed by atoms with E-state index < -0.39 is 28.5 Å². The molecule has 2 heterocycles. The number of rotatable bonds is 4. The maximum Gasteiger partial charge on any atom is 0.397 e. The van der Waals surface area contributed by atoms with Crippen molar-refractivity contribution in [2.45, 2.75) is 38.5 Å². The minimum Gasteiger partial charge on any atom is -0.275 e. The molecule has 3 aliphatic rings. The summed E-state index contributed by atoms with van der Waals surface area (Å²) in [4.78, 5) is 62.6. The quantitative estimate of drug-likeness (QED) is 0.437. The van der Waals surface area contributed by atoms with Crippen LogP contribution in [0.2, 0.25) is 0 Å². The van der Waals surface area contributed by atoms with Gasteiger partial charge < -0.3 is 0 Å². The molecular formula is C16H19N2O7+. The zero-order valence-corrected chi connectivity index (χ0v) is 13.6. The minimum atomic E-state index is -1.89. The Bertz CT molecular complexity index is 642. The lowest BCUT2D eigenvalue weighted by Crippen LogP contribution is -2.51. The molecule has 9 nitrogen and oxygen atoms in total. The Kier molecular flexibility index (Phi) is 4.53. The van der Waals surface area contributed by atoms with Crippen LogP contribution in [0.5, 0.6) is 0 Å². The number of carbonyl (C=O) groups excluding carboxylic acids is 5. The van der Waals surface area contributed by atoms with E-state index in [0.29, 0.717) is 32.2 Å². The van der Waals surface area contributed by atoms with E-state index in [1.807, 2.05) is 0 Å². The summed E-state index contributed by atoms with van der Waals surface area (Å²) in [7, 11) is 0. The molecule has 3 rings (SSSR count). The van der Waals surface area contributed by atoms with Crippen molar-refractivity contribution in [2.75, 3.05) is 6.54 Å². The number of carbonyl (C=O) groups is 5. The van der Waals surface area contributed by atoms with Crippen molar-refractivity contribution in [3.63, 3.8) is 0 Å². The second kappa shape index (κ2) is 6.49. The van der Waals surface area contributed by atoms with Crippen molar-refractivity contribution in [1.29, 1.82) is 0 Å². The van der Waals surface area contributed by atoms with Gasteiger partial charge in [0.1, 0.15) is 4.81 Å². The molecule has 2 fully saturated rings. The molecule has 0 spiro atoms. The maximum absolute atomic E-state index is 12.2. The standard InChI is InChI=1S/C16H19N2O7/c19-12-5-6-13(20)17(12)9-10-1-3-11(4-2-10)16(23)25-18(24)14(21)7-8-15(18)22/h5-6,10-11,24H,1-4,7-9H2/q+1. The maximum atomic E-state index is 12.2. The Labute approximate surface area is 143 Å². The molecule has 0 aromatic heterocycles. The molecule has 134 valence electrons. The van der Waals surface area contributed by atoms with Crippen LogP contribution in [0.4, 0.5) is 0 Å². The summed E-state index contributed by atoms with van der Waals surface area (Å²) in [5.41, 5.74) is 0. The fraction of sp³-hybridized carbons (Fsp3) is 0.562. The van der Waals surface area contributed by atoms with E-state index in [9.17, 15) is 29.2 Å². The van der Waals surface area contributed by atoms with Gasteiger partial charge in [-0.1, -0.05) is 0 Å². The summed E-state index contributed by atoms with van der Waals surface area (Å²) >= 11 is 0. The highest BCUT2D eigenvalue weighted by Crippen LogP contribution is 2.32. The number of nitrogens with zero attached hydrogens (tertiary/aromatic N) is 2. The predicted molar refractivity (Wildman–Crippen MR) is 78.7 cm³/mol. The van der Waals surface area contributed by atoms with Crippen molar-refractivity contribution >= 4 is 29.6 Å². The first-order valence-corrected chi connectivity index (χ1v) is 8.27. The van der Waals surface area contributed by atoms with E-state index in [-0.39, 0.29) is 30.6 Å². The van der Waals surface area contributed by atoms with E-state index in [1.54, 1.807) is 0 Å². The van der Waals surface area contributed by atoms with Crippen LogP contribution in [0.1, 0.15) is 38.5 Å². The van der Waals surface area contributed by atoms with Crippen molar-refractivity contribution in [2.24, 2.45) is 11.8 Å². The van der Waals surface area contributed by atoms with Crippen LogP contribution >= 0.6 is 0 Å².